The second-order valence-corrected chi connectivity index (χ2v) is 22.2. The first kappa shape index (κ1) is 64.2. The van der Waals surface area contributed by atoms with Crippen LogP contribution in [0.1, 0.15) is 91.4 Å². The van der Waals surface area contributed by atoms with E-state index in [1.807, 2.05) is 0 Å². The molecule has 0 fully saturated rings. The molecule has 480 valence electrons. The largest absolute Gasteiger partial charge is 0.461 e. The number of halogens is 6. The van der Waals surface area contributed by atoms with E-state index in [0.29, 0.717) is 34.1 Å². The van der Waals surface area contributed by atoms with Crippen molar-refractivity contribution in [1.29, 1.82) is 0 Å². The zero-order chi connectivity index (χ0) is 67.6. The van der Waals surface area contributed by atoms with Gasteiger partial charge in [-0.3, -0.25) is 29.0 Å². The lowest BCUT2D eigenvalue weighted by Crippen LogP contribution is -2.50. The fourth-order valence-corrected chi connectivity index (χ4v) is 11.0. The lowest BCUT2D eigenvalue weighted by molar-refractivity contribution is -0.153. The van der Waals surface area contributed by atoms with E-state index in [2.05, 4.69) is 13.2 Å². The van der Waals surface area contributed by atoms with Crippen molar-refractivity contribution < 1.29 is 103 Å². The molecule has 2 heterocycles. The maximum atomic E-state index is 15.5. The fourth-order valence-electron chi connectivity index (χ4n) is 11.0. The van der Waals surface area contributed by atoms with Gasteiger partial charge in [-0.25, -0.2) is 19.2 Å². The van der Waals surface area contributed by atoms with Crippen LogP contribution in [0.25, 0.3) is 43.1 Å². The standard InChI is InChI=1S/C70H52F6N2O16/c1-33(2)65(83)87-25-27-89-67(85)37(7)77-61(79)45-29-49(91-41-17-9-35(5)10-18-41)55-56-50(92-42-19-11-36(6)12-20-42)30-46-54-48(64(82)78(62(46)80)38(8)68(86)90-28-26-88-66(84)34(3)4)32-52(94-44-23-15-40(16-24-44)70(74,75)76)58(60(54)56)57-51(31-47(63(77)81)53(45)59(55)57)93-43-21-13-39(14-22-43)69(71,72)73/h9-24,29-32,37-38H,1,3,25-28H2,2,4-8H3. The van der Waals surface area contributed by atoms with Gasteiger partial charge in [0, 0.05) is 54.2 Å². The third-order valence-corrected chi connectivity index (χ3v) is 15.6. The summed E-state index contributed by atoms with van der Waals surface area (Å²) in [6, 6.07) is 21.4. The minimum Gasteiger partial charge on any atom is -0.461 e. The Kier molecular flexibility index (Phi) is 16.9. The van der Waals surface area contributed by atoms with Gasteiger partial charge in [0.2, 0.25) is 0 Å². The monoisotopic (exact) mass is 1290 g/mol. The van der Waals surface area contributed by atoms with Gasteiger partial charge in [0.25, 0.3) is 23.6 Å². The van der Waals surface area contributed by atoms with Crippen molar-refractivity contribution in [3.8, 4) is 46.0 Å². The zero-order valence-electron chi connectivity index (χ0n) is 50.6. The van der Waals surface area contributed by atoms with E-state index in [1.54, 1.807) is 62.4 Å². The molecule has 0 aliphatic carbocycles. The summed E-state index contributed by atoms with van der Waals surface area (Å²) in [4.78, 5) is 116. The van der Waals surface area contributed by atoms with Gasteiger partial charge in [0.15, 0.2) is 0 Å². The Morgan fingerprint density at radius 1 is 0.394 bits per heavy atom. The van der Waals surface area contributed by atoms with Crippen molar-refractivity contribution in [1.82, 2.24) is 9.80 Å². The Morgan fingerprint density at radius 2 is 0.638 bits per heavy atom. The van der Waals surface area contributed by atoms with Crippen LogP contribution in [0.3, 0.4) is 0 Å². The molecule has 2 aliphatic heterocycles. The number of amides is 4. The molecule has 9 aromatic rings. The van der Waals surface area contributed by atoms with Crippen LogP contribution in [0.2, 0.25) is 0 Å². The number of nitrogens with zero attached hydrogens (tertiary/aromatic N) is 2. The summed E-state index contributed by atoms with van der Waals surface area (Å²) in [6.45, 7) is 13.9. The van der Waals surface area contributed by atoms with Crippen LogP contribution in [0.15, 0.2) is 146 Å². The van der Waals surface area contributed by atoms with Crippen molar-refractivity contribution in [3.05, 3.63) is 190 Å². The first-order valence-corrected chi connectivity index (χ1v) is 28.8. The molecule has 24 heteroatoms. The highest BCUT2D eigenvalue weighted by Crippen LogP contribution is 2.58. The molecule has 2 aliphatic rings. The summed E-state index contributed by atoms with van der Waals surface area (Å²) in [5.74, 6) is -9.79. The molecule has 11 rings (SSSR count). The van der Waals surface area contributed by atoms with Gasteiger partial charge in [-0.1, -0.05) is 48.6 Å². The van der Waals surface area contributed by atoms with Crippen LogP contribution in [0, 0.1) is 13.8 Å². The fraction of sp³-hybridized carbons (Fsp3) is 0.200. The Bertz CT molecular complexity index is 4400. The number of rotatable bonds is 20. The smallest absolute Gasteiger partial charge is 0.416 e. The molecule has 2 atom stereocenters. The predicted octanol–water partition coefficient (Wildman–Crippen LogP) is 14.9. The lowest BCUT2D eigenvalue weighted by atomic mass is 9.80. The van der Waals surface area contributed by atoms with Crippen LogP contribution in [-0.4, -0.2) is 95.8 Å². The van der Waals surface area contributed by atoms with Crippen molar-refractivity contribution in [3.63, 3.8) is 0 Å². The maximum Gasteiger partial charge on any atom is 0.416 e. The molecular formula is C70H52F6N2O16. The summed E-state index contributed by atoms with van der Waals surface area (Å²) in [7, 11) is 0. The van der Waals surface area contributed by atoms with Gasteiger partial charge in [-0.2, -0.15) is 26.3 Å². The van der Waals surface area contributed by atoms with Crippen LogP contribution in [0.5, 0.6) is 46.0 Å². The summed E-state index contributed by atoms with van der Waals surface area (Å²) in [5.41, 5.74) is -1.81. The first-order valence-electron chi connectivity index (χ1n) is 28.8. The zero-order valence-corrected chi connectivity index (χ0v) is 50.6. The number of fused-ring (bicyclic) bond motifs is 2. The van der Waals surface area contributed by atoms with Gasteiger partial charge in [-0.05, 0) is 139 Å². The van der Waals surface area contributed by atoms with Crippen LogP contribution < -0.4 is 18.9 Å². The number of ether oxygens (including phenoxy) is 8. The highest BCUT2D eigenvalue weighted by atomic mass is 19.4. The second-order valence-electron chi connectivity index (χ2n) is 22.2. The molecule has 0 aromatic heterocycles. The van der Waals surface area contributed by atoms with Gasteiger partial charge < -0.3 is 37.9 Å². The number of carbonyl (C=O) groups excluding carboxylic acids is 8. The summed E-state index contributed by atoms with van der Waals surface area (Å²) >= 11 is 0. The average molecular weight is 1290 g/mol. The third kappa shape index (κ3) is 12.0. The van der Waals surface area contributed by atoms with E-state index in [0.717, 1.165) is 47.5 Å². The van der Waals surface area contributed by atoms with E-state index in [9.17, 15) is 45.5 Å². The molecule has 0 saturated carbocycles. The molecule has 18 nitrogen and oxygen atoms in total. The van der Waals surface area contributed by atoms with Gasteiger partial charge in [-0.15, -0.1) is 0 Å². The van der Waals surface area contributed by atoms with E-state index in [1.165, 1.54) is 39.8 Å². The quantitative estimate of drug-likeness (QED) is 0.0101. The third-order valence-electron chi connectivity index (χ3n) is 15.6. The molecule has 94 heavy (non-hydrogen) atoms. The number of benzene rings is 9. The molecule has 9 aromatic carbocycles. The highest BCUT2D eigenvalue weighted by molar-refractivity contribution is 6.45. The number of alkyl halides is 6. The lowest BCUT2D eigenvalue weighted by Gasteiger charge is -2.34. The van der Waals surface area contributed by atoms with Crippen molar-refractivity contribution >= 4 is 90.6 Å². The Hall–Kier alpha value is -11.3. The van der Waals surface area contributed by atoms with Crippen molar-refractivity contribution in [2.75, 3.05) is 26.4 Å². The summed E-state index contributed by atoms with van der Waals surface area (Å²) in [5, 5.41) is -0.911. The Morgan fingerprint density at radius 3 is 0.883 bits per heavy atom. The van der Waals surface area contributed by atoms with Crippen LogP contribution >= 0.6 is 0 Å². The van der Waals surface area contributed by atoms with E-state index >= 15 is 19.2 Å². The minimum atomic E-state index is -4.83. The predicted molar refractivity (Wildman–Crippen MR) is 327 cm³/mol. The van der Waals surface area contributed by atoms with Gasteiger partial charge in [0.1, 0.15) is 84.5 Å². The normalized spacial score (nSPS) is 13.7. The molecule has 0 spiro atoms. The average Bonchev–Trinajstić information content (AvgIpc) is 0.673. The summed E-state index contributed by atoms with van der Waals surface area (Å²) < 4.78 is 133. The number of esters is 4. The molecule has 2 unspecified atom stereocenters. The highest BCUT2D eigenvalue weighted by Gasteiger charge is 2.46. The van der Waals surface area contributed by atoms with Crippen molar-refractivity contribution in [2.24, 2.45) is 0 Å². The molecule has 0 radical (unpaired) electrons. The Balaban J connectivity index is 1.26. The first-order chi connectivity index (χ1) is 44.5. The molecule has 0 saturated heterocycles. The second kappa shape index (κ2) is 24.7. The van der Waals surface area contributed by atoms with Gasteiger partial charge >= 0.3 is 36.2 Å². The van der Waals surface area contributed by atoms with E-state index in [4.69, 9.17) is 37.9 Å². The molecule has 4 amide bonds. The minimum absolute atomic E-state index is 0.0373. The van der Waals surface area contributed by atoms with Crippen LogP contribution in [0.4, 0.5) is 26.3 Å². The number of carbonyl (C=O) groups is 8. The number of imide groups is 2. The SMILES string of the molecule is C=C(C)C(=O)OCCOC(=O)C(C)N1C(=O)c2cc(Oc3ccc(C)cc3)c3c4c(Oc5ccc(C)cc5)cc5c6c(cc(Oc7ccc(C(F)(F)F)cc7)c(c7c(Oc8ccc(C(F)(F)F)cc8)cc(c2c37)C1=O)c64)C(=O)N(C(C)C(=O)OCCOC(=O)C(=C)C)C5=O. The van der Waals surface area contributed by atoms with Crippen LogP contribution in [-0.2, 0) is 50.5 Å². The van der Waals surface area contributed by atoms with E-state index in [-0.39, 0.29) is 111 Å². The molecule has 0 bridgehead atoms. The Labute approximate surface area is 529 Å². The van der Waals surface area contributed by atoms with E-state index < -0.39 is 121 Å². The van der Waals surface area contributed by atoms with Gasteiger partial charge in [0.05, 0.1) is 33.4 Å². The topological polar surface area (TPSA) is 217 Å². The maximum absolute atomic E-state index is 15.5. The summed E-state index contributed by atoms with van der Waals surface area (Å²) in [6.07, 6.45) is -9.67. The van der Waals surface area contributed by atoms with Crippen molar-refractivity contribution in [2.45, 2.75) is 66.0 Å². The number of aryl methyl sites for hydroxylation is 2. The molecule has 0 N–H and O–H groups in total. The number of hydrogen-bond acceptors (Lipinski definition) is 16. The molecular weight excluding hydrogens is 1240 g/mol. The number of hydrogen-bond donors (Lipinski definition) is 0.